The Balaban J connectivity index is 2.02. The number of ether oxygens (including phenoxy) is 2. The van der Waals surface area contributed by atoms with Gasteiger partial charge < -0.3 is 25.2 Å². The number of phenolic OH excluding ortho intramolecular Hbond substituents is 1. The van der Waals surface area contributed by atoms with Crippen molar-refractivity contribution in [2.75, 3.05) is 46.5 Å². The summed E-state index contributed by atoms with van der Waals surface area (Å²) in [6.07, 6.45) is 1.13. The van der Waals surface area contributed by atoms with Crippen LogP contribution in [-0.2, 0) is 11.3 Å². The van der Waals surface area contributed by atoms with Crippen LogP contribution in [0.25, 0.3) is 0 Å². The molecule has 0 saturated carbocycles. The van der Waals surface area contributed by atoms with E-state index in [4.69, 9.17) is 9.47 Å². The highest BCUT2D eigenvalue weighted by Gasteiger charge is 2.22. The van der Waals surface area contributed by atoms with Gasteiger partial charge in [-0.2, -0.15) is 0 Å². The van der Waals surface area contributed by atoms with E-state index in [0.717, 1.165) is 57.3 Å². The van der Waals surface area contributed by atoms with Crippen molar-refractivity contribution >= 4 is 5.96 Å². The quantitative estimate of drug-likeness (QED) is 0.442. The molecule has 1 atom stereocenters. The molecule has 1 aliphatic heterocycles. The number of guanidine groups is 1. The first-order valence-electron chi connectivity index (χ1n) is 10.2. The number of hydrogen-bond donors (Lipinski definition) is 3. The fourth-order valence-electron chi connectivity index (χ4n) is 3.43. The molecule has 0 spiro atoms. The summed E-state index contributed by atoms with van der Waals surface area (Å²) >= 11 is 0. The van der Waals surface area contributed by atoms with Crippen molar-refractivity contribution in [3.63, 3.8) is 0 Å². The second-order valence-electron chi connectivity index (χ2n) is 7.48. The van der Waals surface area contributed by atoms with Crippen molar-refractivity contribution in [3.8, 4) is 11.5 Å². The average Bonchev–Trinajstić information content (AvgIpc) is 2.70. The number of nitrogens with one attached hydrogen (secondary N) is 2. The Hall–Kier alpha value is -1.99. The van der Waals surface area contributed by atoms with Crippen LogP contribution in [0.4, 0.5) is 0 Å². The maximum Gasteiger partial charge on any atom is 0.191 e. The van der Waals surface area contributed by atoms with Crippen molar-refractivity contribution in [1.82, 2.24) is 15.5 Å². The summed E-state index contributed by atoms with van der Waals surface area (Å²) in [4.78, 5) is 7.16. The zero-order chi connectivity index (χ0) is 20.4. The van der Waals surface area contributed by atoms with Gasteiger partial charge in [0, 0.05) is 37.8 Å². The average molecular weight is 393 g/mol. The molecule has 7 heteroatoms. The molecule has 0 bridgehead atoms. The predicted molar refractivity (Wildman–Crippen MR) is 113 cm³/mol. The van der Waals surface area contributed by atoms with Crippen LogP contribution in [0.3, 0.4) is 0 Å². The molecule has 1 fully saturated rings. The molecule has 1 aliphatic rings. The Kier molecular flexibility index (Phi) is 9.37. The fraction of sp³-hybridized carbons (Fsp3) is 0.667. The minimum atomic E-state index is 0.149. The van der Waals surface area contributed by atoms with Crippen LogP contribution in [0.15, 0.2) is 23.2 Å². The number of morpholine rings is 1. The summed E-state index contributed by atoms with van der Waals surface area (Å²) in [6.45, 7) is 12.1. The lowest BCUT2D eigenvalue weighted by molar-refractivity contribution is 0.0132. The van der Waals surface area contributed by atoms with Gasteiger partial charge in [-0.1, -0.05) is 26.0 Å². The Bertz CT molecular complexity index is 616. The summed E-state index contributed by atoms with van der Waals surface area (Å²) in [5.41, 5.74) is 0.739. The number of aromatic hydroxyl groups is 1. The van der Waals surface area contributed by atoms with Gasteiger partial charge in [0.2, 0.25) is 0 Å². The smallest absolute Gasteiger partial charge is 0.191 e. The maximum absolute atomic E-state index is 10.3. The largest absolute Gasteiger partial charge is 0.504 e. The standard InChI is InChI=1S/C21H36N4O3/c1-5-22-21(23-14-17-7-6-8-19(27-4)20(17)26)24-15-18(13-16(2)3)25-9-11-28-12-10-25/h6-8,16,18,26H,5,9-15H2,1-4H3,(H2,22,23,24). The molecule has 3 N–H and O–H groups in total. The molecule has 2 rings (SSSR count). The van der Waals surface area contributed by atoms with Crippen molar-refractivity contribution in [1.29, 1.82) is 0 Å². The zero-order valence-corrected chi connectivity index (χ0v) is 17.7. The van der Waals surface area contributed by atoms with E-state index in [0.29, 0.717) is 24.3 Å². The Morgan fingerprint density at radius 3 is 2.68 bits per heavy atom. The molecule has 1 saturated heterocycles. The van der Waals surface area contributed by atoms with E-state index in [1.165, 1.54) is 0 Å². The summed E-state index contributed by atoms with van der Waals surface area (Å²) in [6, 6.07) is 5.91. The highest BCUT2D eigenvalue weighted by Crippen LogP contribution is 2.29. The first kappa shape index (κ1) is 22.3. The molecule has 0 aliphatic carbocycles. The first-order valence-corrected chi connectivity index (χ1v) is 10.2. The third kappa shape index (κ3) is 6.87. The van der Waals surface area contributed by atoms with Gasteiger partial charge in [0.1, 0.15) is 0 Å². The SMILES string of the molecule is CCNC(=NCc1cccc(OC)c1O)NCC(CC(C)C)N1CCOCC1. The number of phenols is 1. The van der Waals surface area contributed by atoms with Crippen LogP contribution in [-0.4, -0.2) is 68.5 Å². The van der Waals surface area contributed by atoms with Crippen molar-refractivity contribution in [2.24, 2.45) is 10.9 Å². The molecule has 28 heavy (non-hydrogen) atoms. The van der Waals surface area contributed by atoms with Crippen LogP contribution in [0.2, 0.25) is 0 Å². The number of hydrogen-bond acceptors (Lipinski definition) is 5. The van der Waals surface area contributed by atoms with Crippen molar-refractivity contribution < 1.29 is 14.6 Å². The van der Waals surface area contributed by atoms with E-state index in [1.54, 1.807) is 13.2 Å². The molecule has 0 radical (unpaired) electrons. The third-order valence-electron chi connectivity index (χ3n) is 4.86. The Labute approximate surface area is 169 Å². The number of rotatable bonds is 9. The zero-order valence-electron chi connectivity index (χ0n) is 17.7. The van der Waals surface area contributed by atoms with Gasteiger partial charge in [-0.3, -0.25) is 4.90 Å². The van der Waals surface area contributed by atoms with Gasteiger partial charge in [-0.25, -0.2) is 4.99 Å². The molecular weight excluding hydrogens is 356 g/mol. The van der Waals surface area contributed by atoms with Crippen LogP contribution in [0, 0.1) is 5.92 Å². The molecule has 7 nitrogen and oxygen atoms in total. The number of benzene rings is 1. The van der Waals surface area contributed by atoms with Crippen molar-refractivity contribution in [3.05, 3.63) is 23.8 Å². The number of nitrogens with zero attached hydrogens (tertiary/aromatic N) is 2. The van der Waals surface area contributed by atoms with Gasteiger partial charge in [-0.05, 0) is 25.3 Å². The second-order valence-corrected chi connectivity index (χ2v) is 7.48. The van der Waals surface area contributed by atoms with Crippen molar-refractivity contribution in [2.45, 2.75) is 39.8 Å². The highest BCUT2D eigenvalue weighted by molar-refractivity contribution is 5.79. The van der Waals surface area contributed by atoms with Gasteiger partial charge >= 0.3 is 0 Å². The second kappa shape index (κ2) is 11.8. The maximum atomic E-state index is 10.3. The van der Waals surface area contributed by atoms with E-state index in [1.807, 2.05) is 19.1 Å². The fourth-order valence-corrected chi connectivity index (χ4v) is 3.43. The van der Waals surface area contributed by atoms with E-state index in [-0.39, 0.29) is 5.75 Å². The van der Waals surface area contributed by atoms with Gasteiger partial charge in [-0.15, -0.1) is 0 Å². The van der Waals surface area contributed by atoms with Crippen LogP contribution < -0.4 is 15.4 Å². The predicted octanol–water partition coefficient (Wildman–Crippen LogP) is 2.20. The summed E-state index contributed by atoms with van der Waals surface area (Å²) in [7, 11) is 1.55. The summed E-state index contributed by atoms with van der Waals surface area (Å²) < 4.78 is 10.7. The van der Waals surface area contributed by atoms with Crippen LogP contribution >= 0.6 is 0 Å². The van der Waals surface area contributed by atoms with Gasteiger partial charge in [0.15, 0.2) is 17.5 Å². The minimum absolute atomic E-state index is 0.149. The molecular formula is C21H36N4O3. The number of para-hydroxylation sites is 1. The monoisotopic (exact) mass is 392 g/mol. The van der Waals surface area contributed by atoms with Gasteiger partial charge in [0.25, 0.3) is 0 Å². The highest BCUT2D eigenvalue weighted by atomic mass is 16.5. The summed E-state index contributed by atoms with van der Waals surface area (Å²) in [5, 5.41) is 17.0. The molecule has 1 heterocycles. The van der Waals surface area contributed by atoms with Crippen LogP contribution in [0.5, 0.6) is 11.5 Å². The molecule has 1 aromatic rings. The molecule has 158 valence electrons. The minimum Gasteiger partial charge on any atom is -0.504 e. The lowest BCUT2D eigenvalue weighted by Gasteiger charge is -2.35. The van der Waals surface area contributed by atoms with E-state index in [9.17, 15) is 5.11 Å². The number of aliphatic imine (C=N–C) groups is 1. The van der Waals surface area contributed by atoms with E-state index >= 15 is 0 Å². The summed E-state index contributed by atoms with van der Waals surface area (Å²) in [5.74, 6) is 2.00. The topological polar surface area (TPSA) is 78.4 Å². The van der Waals surface area contributed by atoms with E-state index in [2.05, 4.69) is 34.4 Å². The lowest BCUT2D eigenvalue weighted by Crippen LogP contribution is -2.51. The molecule has 0 amide bonds. The third-order valence-corrected chi connectivity index (χ3v) is 4.86. The molecule has 1 unspecified atom stereocenters. The normalized spacial score (nSPS) is 16.8. The number of methoxy groups -OCH3 is 1. The van der Waals surface area contributed by atoms with Crippen LogP contribution in [0.1, 0.15) is 32.8 Å². The van der Waals surface area contributed by atoms with Gasteiger partial charge in [0.05, 0.1) is 26.9 Å². The Morgan fingerprint density at radius 2 is 2.04 bits per heavy atom. The molecule has 0 aromatic heterocycles. The lowest BCUT2D eigenvalue weighted by atomic mass is 10.0. The Morgan fingerprint density at radius 1 is 1.29 bits per heavy atom. The first-order chi connectivity index (χ1) is 13.5. The molecule has 1 aromatic carbocycles. The van der Waals surface area contributed by atoms with E-state index < -0.39 is 0 Å².